The highest BCUT2D eigenvalue weighted by molar-refractivity contribution is 6.03. The number of anilines is 1. The van der Waals surface area contributed by atoms with Crippen LogP contribution in [0.5, 0.6) is 0 Å². The molecule has 1 heterocycles. The molecule has 0 amide bonds. The van der Waals surface area contributed by atoms with Crippen LogP contribution in [0.15, 0.2) is 22.4 Å². The number of azo groups is 1. The second kappa shape index (κ2) is 9.30. The Kier molecular flexibility index (Phi) is 7.10. The van der Waals surface area contributed by atoms with E-state index in [0.717, 1.165) is 7.11 Å². The highest BCUT2D eigenvalue weighted by Crippen LogP contribution is 2.29. The van der Waals surface area contributed by atoms with Gasteiger partial charge in [-0.05, 0) is 12.1 Å². The molecule has 1 aromatic rings. The van der Waals surface area contributed by atoms with Crippen LogP contribution >= 0.6 is 0 Å². The molecule has 1 unspecified atom stereocenters. The van der Waals surface area contributed by atoms with Crippen molar-refractivity contribution in [3.63, 3.8) is 0 Å². The first kappa shape index (κ1) is 19.9. The second-order valence-corrected chi connectivity index (χ2v) is 5.37. The predicted octanol–water partition coefficient (Wildman–Crippen LogP) is 1.64. The van der Waals surface area contributed by atoms with Crippen molar-refractivity contribution in [1.82, 2.24) is 0 Å². The molecule has 0 bridgehead atoms. The Morgan fingerprint density at radius 3 is 2.54 bits per heavy atom. The molecule has 26 heavy (non-hydrogen) atoms. The molecule has 0 saturated carbocycles. The van der Waals surface area contributed by atoms with Crippen LogP contribution in [-0.4, -0.2) is 64.9 Å². The molecule has 0 N–H and O–H groups in total. The van der Waals surface area contributed by atoms with Crippen LogP contribution < -0.4 is 4.90 Å². The van der Waals surface area contributed by atoms with Crippen molar-refractivity contribution in [1.29, 1.82) is 0 Å². The van der Waals surface area contributed by atoms with Gasteiger partial charge in [-0.1, -0.05) is 0 Å². The Morgan fingerprint density at radius 1 is 1.23 bits per heavy atom. The van der Waals surface area contributed by atoms with E-state index in [1.807, 2.05) is 0 Å². The zero-order valence-electron chi connectivity index (χ0n) is 14.4. The maximum atomic E-state index is 14.3. The summed E-state index contributed by atoms with van der Waals surface area (Å²) < 4.78 is 42.9. The van der Waals surface area contributed by atoms with Gasteiger partial charge in [-0.25, -0.2) is 13.6 Å². The van der Waals surface area contributed by atoms with Crippen molar-refractivity contribution in [2.75, 3.05) is 52.0 Å². The summed E-state index contributed by atoms with van der Waals surface area (Å²) in [5, 5.41) is 7.02. The minimum Gasteiger partial charge on any atom is -0.467 e. The van der Waals surface area contributed by atoms with E-state index in [1.54, 1.807) is 4.90 Å². The number of halogens is 2. The number of nitrogens with zero attached hydrogens (tertiary/aromatic N) is 3. The molecule has 2 rings (SSSR count). The van der Waals surface area contributed by atoms with E-state index in [2.05, 4.69) is 19.7 Å². The molecule has 0 spiro atoms. The van der Waals surface area contributed by atoms with Gasteiger partial charge in [-0.15, -0.1) is 0 Å². The van der Waals surface area contributed by atoms with Crippen LogP contribution in [0.1, 0.15) is 0 Å². The van der Waals surface area contributed by atoms with Gasteiger partial charge in [-0.2, -0.15) is 10.2 Å². The third-order valence-corrected chi connectivity index (χ3v) is 3.69. The van der Waals surface area contributed by atoms with Crippen molar-refractivity contribution in [2.24, 2.45) is 10.2 Å². The van der Waals surface area contributed by atoms with Gasteiger partial charge in [0.2, 0.25) is 6.04 Å². The molecular formula is C16H19F2N3O5. The van der Waals surface area contributed by atoms with Crippen molar-refractivity contribution in [3.05, 3.63) is 23.8 Å². The lowest BCUT2D eigenvalue weighted by atomic mass is 10.2. The summed E-state index contributed by atoms with van der Waals surface area (Å²) in [6.07, 6.45) is 0. The number of morpholine rings is 1. The molecular weight excluding hydrogens is 352 g/mol. The van der Waals surface area contributed by atoms with E-state index in [1.165, 1.54) is 19.2 Å². The van der Waals surface area contributed by atoms with E-state index in [0.29, 0.717) is 26.3 Å². The van der Waals surface area contributed by atoms with Crippen LogP contribution in [0.3, 0.4) is 0 Å². The third kappa shape index (κ3) is 4.58. The number of Topliss-reactive ketones (excluding diaryl/α,β-unsaturated/α-hetero) is 1. The summed E-state index contributed by atoms with van der Waals surface area (Å²) in [5.41, 5.74) is -0.344. The monoisotopic (exact) mass is 371 g/mol. The normalized spacial score (nSPS) is 15.9. The van der Waals surface area contributed by atoms with Crippen LogP contribution in [0, 0.1) is 11.6 Å². The standard InChI is InChI=1S/C16H19F2N3O5/c1-24-9-12(22)15(16(23)25-2)20-19-10-3-4-11(14(18)13(10)17)21-5-7-26-8-6-21/h3-4,15H,5-9H2,1-2H3. The number of ether oxygens (including phenoxy) is 3. The van der Waals surface area contributed by atoms with Gasteiger partial charge >= 0.3 is 5.97 Å². The summed E-state index contributed by atoms with van der Waals surface area (Å²) in [7, 11) is 2.34. The number of hydrogen-bond donors (Lipinski definition) is 0. The Labute approximate surface area is 148 Å². The lowest BCUT2D eigenvalue weighted by Gasteiger charge is -2.29. The zero-order chi connectivity index (χ0) is 19.1. The number of carbonyl (C=O) groups is 2. The first-order chi connectivity index (χ1) is 12.5. The first-order valence-corrected chi connectivity index (χ1v) is 7.80. The fraction of sp³-hybridized carbons (Fsp3) is 0.500. The Hall–Kier alpha value is -2.46. The predicted molar refractivity (Wildman–Crippen MR) is 86.6 cm³/mol. The van der Waals surface area contributed by atoms with Crippen molar-refractivity contribution >= 4 is 23.1 Å². The summed E-state index contributed by atoms with van der Waals surface area (Å²) in [4.78, 5) is 25.1. The average Bonchev–Trinajstić information content (AvgIpc) is 2.66. The van der Waals surface area contributed by atoms with Crippen LogP contribution in [0.25, 0.3) is 0 Å². The van der Waals surface area contributed by atoms with Crippen LogP contribution in [-0.2, 0) is 23.8 Å². The number of methoxy groups -OCH3 is 2. The fourth-order valence-electron chi connectivity index (χ4n) is 2.35. The molecule has 1 aromatic carbocycles. The van der Waals surface area contributed by atoms with Gasteiger partial charge in [0.15, 0.2) is 17.4 Å². The maximum absolute atomic E-state index is 14.3. The Bertz CT molecular complexity index is 693. The molecule has 10 heteroatoms. The Morgan fingerprint density at radius 2 is 1.92 bits per heavy atom. The maximum Gasteiger partial charge on any atom is 0.340 e. The molecule has 1 fully saturated rings. The lowest BCUT2D eigenvalue weighted by Crippen LogP contribution is -2.36. The van der Waals surface area contributed by atoms with Gasteiger partial charge in [0.25, 0.3) is 0 Å². The number of benzene rings is 1. The molecule has 0 radical (unpaired) electrons. The summed E-state index contributed by atoms with van der Waals surface area (Å²) in [5.74, 6) is -3.99. The largest absolute Gasteiger partial charge is 0.467 e. The van der Waals surface area contributed by atoms with Crippen molar-refractivity contribution in [2.45, 2.75) is 6.04 Å². The van der Waals surface area contributed by atoms with E-state index < -0.39 is 41.7 Å². The highest BCUT2D eigenvalue weighted by atomic mass is 19.2. The fourth-order valence-corrected chi connectivity index (χ4v) is 2.35. The molecule has 1 saturated heterocycles. The molecule has 1 aliphatic rings. The van der Waals surface area contributed by atoms with E-state index in [9.17, 15) is 18.4 Å². The lowest BCUT2D eigenvalue weighted by molar-refractivity contribution is -0.146. The molecule has 1 aliphatic heterocycles. The molecule has 142 valence electrons. The minimum atomic E-state index is -1.61. The number of ketones is 1. The third-order valence-electron chi connectivity index (χ3n) is 3.69. The van der Waals surface area contributed by atoms with E-state index >= 15 is 0 Å². The van der Waals surface area contributed by atoms with Gasteiger partial charge < -0.3 is 19.1 Å². The molecule has 8 nitrogen and oxygen atoms in total. The first-order valence-electron chi connectivity index (χ1n) is 7.80. The van der Waals surface area contributed by atoms with Crippen LogP contribution in [0.2, 0.25) is 0 Å². The number of carbonyl (C=O) groups excluding carboxylic acids is 2. The van der Waals surface area contributed by atoms with Crippen molar-refractivity contribution in [3.8, 4) is 0 Å². The SMILES string of the molecule is COCC(=O)C(N=Nc1ccc(N2CCOCC2)c(F)c1F)C(=O)OC. The number of rotatable bonds is 7. The highest BCUT2D eigenvalue weighted by Gasteiger charge is 2.27. The summed E-state index contributed by atoms with van der Waals surface area (Å²) >= 11 is 0. The topological polar surface area (TPSA) is 89.8 Å². The van der Waals surface area contributed by atoms with Crippen LogP contribution in [0.4, 0.5) is 20.2 Å². The van der Waals surface area contributed by atoms with Gasteiger partial charge in [0.05, 0.1) is 26.0 Å². The summed E-state index contributed by atoms with van der Waals surface area (Å²) in [6, 6.07) is 0.977. The number of hydrogen-bond acceptors (Lipinski definition) is 8. The average molecular weight is 371 g/mol. The van der Waals surface area contributed by atoms with E-state index in [-0.39, 0.29) is 5.69 Å². The van der Waals surface area contributed by atoms with Gasteiger partial charge in [0.1, 0.15) is 12.3 Å². The van der Waals surface area contributed by atoms with E-state index in [4.69, 9.17) is 4.74 Å². The smallest absolute Gasteiger partial charge is 0.340 e. The van der Waals surface area contributed by atoms with Gasteiger partial charge in [-0.3, -0.25) is 4.79 Å². The Balaban J connectivity index is 2.24. The number of esters is 1. The minimum absolute atomic E-state index is 0.0877. The molecule has 0 aliphatic carbocycles. The van der Waals surface area contributed by atoms with Gasteiger partial charge in [0, 0.05) is 20.2 Å². The quantitative estimate of drug-likeness (QED) is 0.411. The molecule has 0 aromatic heterocycles. The second-order valence-electron chi connectivity index (χ2n) is 5.37. The molecule has 1 atom stereocenters. The summed E-state index contributed by atoms with van der Waals surface area (Å²) in [6.45, 7) is 1.32. The van der Waals surface area contributed by atoms with Crippen molar-refractivity contribution < 1.29 is 32.6 Å². The zero-order valence-corrected chi connectivity index (χ0v) is 14.4.